The maximum Gasteiger partial charge on any atom is 0.471 e. The number of nitrogens with two attached hydrogens (primary N) is 1. The summed E-state index contributed by atoms with van der Waals surface area (Å²) in [7, 11) is 0. The monoisotopic (exact) mass is 545 g/mol. The highest BCUT2D eigenvalue weighted by Crippen LogP contribution is 2.47. The second kappa shape index (κ2) is 9.68. The minimum atomic E-state index is -5.20. The molecule has 4 N–H and O–H groups in total. The number of hydrogen-bond acceptors (Lipinski definition) is 6. The Morgan fingerprint density at radius 1 is 1.05 bits per heavy atom. The maximum absolute atomic E-state index is 13.8. The number of rotatable bonds is 6. The molecule has 2 aliphatic heterocycles. The highest BCUT2D eigenvalue weighted by molar-refractivity contribution is 5.98. The van der Waals surface area contributed by atoms with Crippen molar-refractivity contribution >= 4 is 34.6 Å². The molecule has 2 heterocycles. The summed E-state index contributed by atoms with van der Waals surface area (Å²) in [6.45, 7) is 1.28. The molecule has 1 unspecified atom stereocenters. The van der Waals surface area contributed by atoms with Crippen molar-refractivity contribution in [1.29, 1.82) is 0 Å². The first-order valence-corrected chi connectivity index (χ1v) is 11.9. The molecule has 39 heavy (non-hydrogen) atoms. The van der Waals surface area contributed by atoms with Crippen LogP contribution in [0.3, 0.4) is 0 Å². The molecule has 0 spiro atoms. The Kier molecular flexibility index (Phi) is 6.49. The molecule has 1 amide bonds. The number of anilines is 4. The van der Waals surface area contributed by atoms with Gasteiger partial charge in [0.25, 0.3) is 0 Å². The number of benzene rings is 3. The summed E-state index contributed by atoms with van der Waals surface area (Å²) in [5.74, 6) is -4.54. The maximum atomic E-state index is 13.8. The average Bonchev–Trinajstić information content (AvgIpc) is 3.50. The van der Waals surface area contributed by atoms with E-state index in [0.717, 1.165) is 0 Å². The lowest BCUT2D eigenvalue weighted by atomic mass is 9.89. The zero-order valence-electron chi connectivity index (χ0n) is 20.5. The van der Waals surface area contributed by atoms with Gasteiger partial charge in [-0.15, -0.1) is 0 Å². The van der Waals surface area contributed by atoms with Crippen LogP contribution in [-0.4, -0.2) is 36.4 Å². The molecule has 0 aromatic heterocycles. The number of nitrogens with one attached hydrogen (secondary N) is 1. The number of aliphatic carboxylic acids is 1. The van der Waals surface area contributed by atoms with Crippen molar-refractivity contribution in [2.75, 3.05) is 29.2 Å². The van der Waals surface area contributed by atoms with Gasteiger partial charge in [0.15, 0.2) is 0 Å². The summed E-state index contributed by atoms with van der Waals surface area (Å²) in [5, 5.41) is 12.3. The van der Waals surface area contributed by atoms with Crippen LogP contribution in [0.15, 0.2) is 54.6 Å². The highest BCUT2D eigenvalue weighted by Gasteiger charge is 2.48. The van der Waals surface area contributed by atoms with Crippen LogP contribution in [0.4, 0.5) is 40.3 Å². The molecule has 3 aromatic carbocycles. The standard InChI is InChI=1S/C27H23F4N3O5/c1-13(25(35)36)18-11-38-23-10-15(6-7-16(18)23)34(26(37)27(29,30)31)22-12-39-24-17(22)3-2-4-20(24)33-21-9-14(28)5-8-19(21)32/h2-10,13,18,22,33H,11-12,32H2,1H3,(H,35,36)/t13?,18-,22+/m0/s1. The normalized spacial score (nSPS) is 18.4. The summed E-state index contributed by atoms with van der Waals surface area (Å²) in [5.41, 5.74) is 7.47. The van der Waals surface area contributed by atoms with Crippen molar-refractivity contribution in [3.05, 3.63) is 71.5 Å². The number of carbonyl (C=O) groups is 2. The fraction of sp³-hybridized carbons (Fsp3) is 0.259. The van der Waals surface area contributed by atoms with Crippen LogP contribution < -0.4 is 25.4 Å². The number of halogens is 4. The molecule has 8 nitrogen and oxygen atoms in total. The Morgan fingerprint density at radius 3 is 2.54 bits per heavy atom. The Balaban J connectivity index is 1.53. The summed E-state index contributed by atoms with van der Waals surface area (Å²) >= 11 is 0. The Labute approximate surface area is 219 Å². The zero-order chi connectivity index (χ0) is 28.1. The number of carbonyl (C=O) groups excluding carboxylic acids is 1. The molecule has 2 aliphatic rings. The average molecular weight is 545 g/mol. The van der Waals surface area contributed by atoms with Crippen molar-refractivity contribution < 1.29 is 41.7 Å². The van der Waals surface area contributed by atoms with Gasteiger partial charge in [0.1, 0.15) is 23.9 Å². The molecule has 3 aromatic rings. The lowest BCUT2D eigenvalue weighted by Crippen LogP contribution is -2.44. The van der Waals surface area contributed by atoms with E-state index >= 15 is 0 Å². The summed E-state index contributed by atoms with van der Waals surface area (Å²) in [4.78, 5) is 24.8. The van der Waals surface area contributed by atoms with Gasteiger partial charge in [0, 0.05) is 28.8 Å². The van der Waals surface area contributed by atoms with Gasteiger partial charge in [-0.2, -0.15) is 13.2 Å². The molecular weight excluding hydrogens is 522 g/mol. The van der Waals surface area contributed by atoms with E-state index < -0.39 is 41.7 Å². The first-order valence-electron chi connectivity index (χ1n) is 11.9. The van der Waals surface area contributed by atoms with Crippen LogP contribution in [0.5, 0.6) is 11.5 Å². The lowest BCUT2D eigenvalue weighted by Gasteiger charge is -2.29. The van der Waals surface area contributed by atoms with E-state index in [1.54, 1.807) is 12.1 Å². The Morgan fingerprint density at radius 2 is 1.82 bits per heavy atom. The molecule has 0 saturated heterocycles. The van der Waals surface area contributed by atoms with Crippen LogP contribution in [0.1, 0.15) is 30.0 Å². The van der Waals surface area contributed by atoms with Crippen molar-refractivity contribution in [3.63, 3.8) is 0 Å². The van der Waals surface area contributed by atoms with E-state index in [1.165, 1.54) is 49.4 Å². The van der Waals surface area contributed by atoms with Gasteiger partial charge in [-0.25, -0.2) is 4.39 Å². The summed E-state index contributed by atoms with van der Waals surface area (Å²) < 4.78 is 66.6. The van der Waals surface area contributed by atoms with Gasteiger partial charge in [0.2, 0.25) is 0 Å². The van der Waals surface area contributed by atoms with E-state index in [9.17, 15) is 32.3 Å². The van der Waals surface area contributed by atoms with Gasteiger partial charge in [-0.3, -0.25) is 14.5 Å². The fourth-order valence-corrected chi connectivity index (χ4v) is 4.86. The third-order valence-corrected chi connectivity index (χ3v) is 6.93. The molecule has 0 aliphatic carbocycles. The predicted octanol–water partition coefficient (Wildman–Crippen LogP) is 5.38. The number of alkyl halides is 3. The topological polar surface area (TPSA) is 114 Å². The van der Waals surface area contributed by atoms with Gasteiger partial charge in [-0.1, -0.05) is 25.1 Å². The molecular formula is C27H23F4N3O5. The van der Waals surface area contributed by atoms with Crippen LogP contribution in [-0.2, 0) is 9.59 Å². The van der Waals surface area contributed by atoms with E-state index in [-0.39, 0.29) is 41.8 Å². The number of nitrogens with zero attached hydrogens (tertiary/aromatic N) is 1. The predicted molar refractivity (Wildman–Crippen MR) is 134 cm³/mol. The summed E-state index contributed by atoms with van der Waals surface area (Å²) in [6, 6.07) is 11.4. The fourth-order valence-electron chi connectivity index (χ4n) is 4.86. The van der Waals surface area contributed by atoms with Crippen molar-refractivity contribution in [3.8, 4) is 11.5 Å². The number of carboxylic acid groups (broad SMARTS) is 1. The molecule has 0 saturated carbocycles. The molecule has 0 radical (unpaired) electrons. The number of amides is 1. The molecule has 12 heteroatoms. The van der Waals surface area contributed by atoms with E-state index in [2.05, 4.69) is 5.32 Å². The van der Waals surface area contributed by atoms with Crippen LogP contribution >= 0.6 is 0 Å². The number of para-hydroxylation sites is 1. The zero-order valence-corrected chi connectivity index (χ0v) is 20.5. The largest absolute Gasteiger partial charge is 0.493 e. The van der Waals surface area contributed by atoms with Crippen molar-refractivity contribution in [2.24, 2.45) is 5.92 Å². The quantitative estimate of drug-likeness (QED) is 0.282. The van der Waals surface area contributed by atoms with E-state index in [1.807, 2.05) is 0 Å². The number of ether oxygens (including phenoxy) is 2. The van der Waals surface area contributed by atoms with E-state index in [4.69, 9.17) is 15.2 Å². The third kappa shape index (κ3) is 4.77. The van der Waals surface area contributed by atoms with Gasteiger partial charge in [0.05, 0.1) is 35.6 Å². The number of carboxylic acids is 1. The van der Waals surface area contributed by atoms with Crippen LogP contribution in [0.2, 0.25) is 0 Å². The van der Waals surface area contributed by atoms with Gasteiger partial charge in [-0.05, 0) is 30.3 Å². The summed E-state index contributed by atoms with van der Waals surface area (Å²) in [6.07, 6.45) is -5.20. The molecule has 0 fully saturated rings. The smallest absolute Gasteiger partial charge is 0.471 e. The molecule has 204 valence electrons. The second-order valence-corrected chi connectivity index (χ2v) is 9.35. The molecule has 3 atom stereocenters. The second-order valence-electron chi connectivity index (χ2n) is 9.35. The Hall–Kier alpha value is -4.48. The van der Waals surface area contributed by atoms with Gasteiger partial charge < -0.3 is 25.6 Å². The Bertz CT molecular complexity index is 1460. The van der Waals surface area contributed by atoms with E-state index in [0.29, 0.717) is 21.7 Å². The first kappa shape index (κ1) is 26.1. The number of hydrogen-bond donors (Lipinski definition) is 3. The minimum Gasteiger partial charge on any atom is -0.493 e. The highest BCUT2D eigenvalue weighted by atomic mass is 19.4. The van der Waals surface area contributed by atoms with Crippen molar-refractivity contribution in [1.82, 2.24) is 0 Å². The van der Waals surface area contributed by atoms with Crippen LogP contribution in [0, 0.1) is 11.7 Å². The lowest BCUT2D eigenvalue weighted by molar-refractivity contribution is -0.171. The van der Waals surface area contributed by atoms with Crippen LogP contribution in [0.25, 0.3) is 0 Å². The van der Waals surface area contributed by atoms with Crippen molar-refractivity contribution in [2.45, 2.75) is 25.1 Å². The third-order valence-electron chi connectivity index (χ3n) is 6.93. The minimum absolute atomic E-state index is 0.0487. The van der Waals surface area contributed by atoms with Gasteiger partial charge >= 0.3 is 18.1 Å². The number of fused-ring (bicyclic) bond motifs is 2. The molecule has 5 rings (SSSR count). The first-order chi connectivity index (χ1) is 18.5. The molecule has 0 bridgehead atoms. The number of nitrogen functional groups attached to an aromatic ring is 1. The SMILES string of the molecule is CC(C(=O)O)[C@@H]1COc2cc(N(C(=O)C(F)(F)F)[C@@H]3COc4c(Nc5cc(F)ccc5N)cccc43)ccc21.